The molecule has 0 unspecified atom stereocenters. The lowest BCUT2D eigenvalue weighted by atomic mass is 10.0. The minimum atomic E-state index is -0.341. The monoisotopic (exact) mass is 363 g/mol. The molecule has 138 valence electrons. The zero-order chi connectivity index (χ0) is 19.6. The Morgan fingerprint density at radius 2 is 1.67 bits per heavy atom. The molecule has 0 aromatic heterocycles. The number of carbonyl (C=O) groups excluding carboxylic acids is 3. The number of imide groups is 1. The van der Waals surface area contributed by atoms with Gasteiger partial charge in [-0.3, -0.25) is 19.3 Å². The van der Waals surface area contributed by atoms with Crippen LogP contribution in [0.5, 0.6) is 0 Å². The summed E-state index contributed by atoms with van der Waals surface area (Å²) in [5.74, 6) is -0.842. The molecule has 2 aromatic rings. The minimum Gasteiger partial charge on any atom is -0.350 e. The van der Waals surface area contributed by atoms with E-state index in [1.807, 2.05) is 31.2 Å². The Bertz CT molecular complexity index is 945. The number of amides is 3. The molecular formula is C21H21N3O3. The van der Waals surface area contributed by atoms with Crippen LogP contribution in [0.3, 0.4) is 0 Å². The summed E-state index contributed by atoms with van der Waals surface area (Å²) in [6.07, 6.45) is 0. The highest BCUT2D eigenvalue weighted by Crippen LogP contribution is 2.31. The number of carbonyl (C=O) groups is 3. The molecule has 1 aliphatic rings. The number of hydrogen-bond donors (Lipinski definition) is 2. The number of hydrogen-bond acceptors (Lipinski definition) is 4. The normalized spacial score (nSPS) is 14.0. The van der Waals surface area contributed by atoms with E-state index >= 15 is 0 Å². The summed E-state index contributed by atoms with van der Waals surface area (Å²) in [7, 11) is 0. The van der Waals surface area contributed by atoms with Gasteiger partial charge in [-0.1, -0.05) is 30.3 Å². The van der Waals surface area contributed by atoms with E-state index in [9.17, 15) is 14.4 Å². The first-order valence-electron chi connectivity index (χ1n) is 8.73. The highest BCUT2D eigenvalue weighted by atomic mass is 16.2. The SMILES string of the molecule is CCN1C(=O)C(Nc2ccccc2C)=C(c2ccc(NC(C)=O)cc2)C1=O. The Morgan fingerprint density at radius 3 is 2.26 bits per heavy atom. The lowest BCUT2D eigenvalue weighted by Crippen LogP contribution is -2.32. The third-order valence-corrected chi connectivity index (χ3v) is 4.38. The summed E-state index contributed by atoms with van der Waals surface area (Å²) in [5.41, 5.74) is 3.60. The molecule has 0 saturated heterocycles. The van der Waals surface area contributed by atoms with Gasteiger partial charge in [0, 0.05) is 24.8 Å². The van der Waals surface area contributed by atoms with E-state index in [0.29, 0.717) is 23.4 Å². The van der Waals surface area contributed by atoms with Gasteiger partial charge in [-0.25, -0.2) is 0 Å². The van der Waals surface area contributed by atoms with E-state index in [0.717, 1.165) is 11.3 Å². The van der Waals surface area contributed by atoms with Gasteiger partial charge in [-0.15, -0.1) is 0 Å². The van der Waals surface area contributed by atoms with Crippen molar-refractivity contribution in [2.45, 2.75) is 20.8 Å². The van der Waals surface area contributed by atoms with Gasteiger partial charge in [-0.2, -0.15) is 0 Å². The Kier molecular flexibility index (Phi) is 5.07. The van der Waals surface area contributed by atoms with Gasteiger partial charge >= 0.3 is 0 Å². The zero-order valence-electron chi connectivity index (χ0n) is 15.5. The molecule has 0 saturated carbocycles. The standard InChI is InChI=1S/C21H21N3O3/c1-4-24-20(26)18(15-9-11-16(12-10-15)22-14(3)25)19(21(24)27)23-17-8-6-5-7-13(17)2/h5-12,23H,4H2,1-3H3,(H,22,25). The summed E-state index contributed by atoms with van der Waals surface area (Å²) in [4.78, 5) is 38.0. The molecule has 0 bridgehead atoms. The maximum Gasteiger partial charge on any atom is 0.278 e. The van der Waals surface area contributed by atoms with Gasteiger partial charge < -0.3 is 10.6 Å². The average molecular weight is 363 g/mol. The number of nitrogens with zero attached hydrogens (tertiary/aromatic N) is 1. The van der Waals surface area contributed by atoms with Crippen LogP contribution in [-0.4, -0.2) is 29.2 Å². The second kappa shape index (κ2) is 7.45. The molecule has 1 heterocycles. The predicted octanol–water partition coefficient (Wildman–Crippen LogP) is 3.17. The van der Waals surface area contributed by atoms with Gasteiger partial charge in [-0.05, 0) is 43.2 Å². The Balaban J connectivity index is 2.04. The van der Waals surface area contributed by atoms with Gasteiger partial charge in [0.15, 0.2) is 0 Å². The second-order valence-electron chi connectivity index (χ2n) is 6.30. The van der Waals surface area contributed by atoms with Crippen LogP contribution in [0.15, 0.2) is 54.2 Å². The summed E-state index contributed by atoms with van der Waals surface area (Å²) < 4.78 is 0. The van der Waals surface area contributed by atoms with Crippen LogP contribution < -0.4 is 10.6 Å². The molecule has 0 fully saturated rings. The maximum atomic E-state index is 12.8. The van der Waals surface area contributed by atoms with Crippen LogP contribution in [0.25, 0.3) is 5.57 Å². The molecule has 0 atom stereocenters. The Morgan fingerprint density at radius 1 is 1.00 bits per heavy atom. The predicted molar refractivity (Wildman–Crippen MR) is 105 cm³/mol. The topological polar surface area (TPSA) is 78.5 Å². The number of anilines is 2. The molecule has 6 nitrogen and oxygen atoms in total. The van der Waals surface area contributed by atoms with E-state index in [-0.39, 0.29) is 23.4 Å². The average Bonchev–Trinajstić information content (AvgIpc) is 2.87. The van der Waals surface area contributed by atoms with Gasteiger partial charge in [0.2, 0.25) is 5.91 Å². The maximum absolute atomic E-state index is 12.8. The molecule has 1 aliphatic heterocycles. The van der Waals surface area contributed by atoms with Crippen molar-refractivity contribution in [1.82, 2.24) is 4.90 Å². The minimum absolute atomic E-state index is 0.173. The summed E-state index contributed by atoms with van der Waals surface area (Å²) in [6, 6.07) is 14.5. The van der Waals surface area contributed by atoms with Crippen molar-refractivity contribution in [3.05, 3.63) is 65.4 Å². The van der Waals surface area contributed by atoms with Crippen molar-refractivity contribution in [1.29, 1.82) is 0 Å². The smallest absolute Gasteiger partial charge is 0.278 e. The van der Waals surface area contributed by atoms with E-state index < -0.39 is 0 Å². The second-order valence-corrected chi connectivity index (χ2v) is 6.30. The highest BCUT2D eigenvalue weighted by Gasteiger charge is 2.38. The third kappa shape index (κ3) is 3.60. The van der Waals surface area contributed by atoms with Crippen molar-refractivity contribution in [3.63, 3.8) is 0 Å². The fraction of sp³-hybridized carbons (Fsp3) is 0.190. The fourth-order valence-corrected chi connectivity index (χ4v) is 3.02. The van der Waals surface area contributed by atoms with Crippen molar-refractivity contribution < 1.29 is 14.4 Å². The van der Waals surface area contributed by atoms with Crippen LogP contribution in [0.1, 0.15) is 25.0 Å². The molecule has 0 spiro atoms. The molecule has 0 radical (unpaired) electrons. The van der Waals surface area contributed by atoms with E-state index in [4.69, 9.17) is 0 Å². The first-order chi connectivity index (χ1) is 12.9. The van der Waals surface area contributed by atoms with E-state index in [2.05, 4.69) is 10.6 Å². The largest absolute Gasteiger partial charge is 0.350 e. The van der Waals surface area contributed by atoms with Crippen molar-refractivity contribution in [3.8, 4) is 0 Å². The number of benzene rings is 2. The summed E-state index contributed by atoms with van der Waals surface area (Å²) in [5, 5.41) is 5.84. The molecular weight excluding hydrogens is 342 g/mol. The van der Waals surface area contributed by atoms with Crippen LogP contribution in [0, 0.1) is 6.92 Å². The van der Waals surface area contributed by atoms with Gasteiger partial charge in [0.1, 0.15) is 5.70 Å². The molecule has 2 N–H and O–H groups in total. The van der Waals surface area contributed by atoms with Crippen molar-refractivity contribution in [2.75, 3.05) is 17.2 Å². The number of likely N-dealkylation sites (N-methyl/N-ethyl adjacent to an activating group) is 1. The lowest BCUT2D eigenvalue weighted by Gasteiger charge is -2.12. The van der Waals surface area contributed by atoms with Crippen LogP contribution in [-0.2, 0) is 14.4 Å². The van der Waals surface area contributed by atoms with Crippen LogP contribution in [0.2, 0.25) is 0 Å². The van der Waals surface area contributed by atoms with Crippen LogP contribution in [0.4, 0.5) is 11.4 Å². The molecule has 6 heteroatoms. The molecule has 3 amide bonds. The third-order valence-electron chi connectivity index (χ3n) is 4.38. The fourth-order valence-electron chi connectivity index (χ4n) is 3.02. The summed E-state index contributed by atoms with van der Waals surface area (Å²) in [6.45, 7) is 5.43. The molecule has 27 heavy (non-hydrogen) atoms. The number of aryl methyl sites for hydroxylation is 1. The molecule has 0 aliphatic carbocycles. The first-order valence-corrected chi connectivity index (χ1v) is 8.73. The van der Waals surface area contributed by atoms with Gasteiger partial charge in [0.25, 0.3) is 11.8 Å². The number of para-hydroxylation sites is 1. The van der Waals surface area contributed by atoms with Crippen molar-refractivity contribution >= 4 is 34.7 Å². The number of rotatable bonds is 5. The molecule has 2 aromatic carbocycles. The van der Waals surface area contributed by atoms with Gasteiger partial charge in [0.05, 0.1) is 5.57 Å². The first kappa shape index (κ1) is 18.4. The zero-order valence-corrected chi connectivity index (χ0v) is 15.5. The highest BCUT2D eigenvalue weighted by molar-refractivity contribution is 6.36. The van der Waals surface area contributed by atoms with E-state index in [1.165, 1.54) is 11.8 Å². The lowest BCUT2D eigenvalue weighted by molar-refractivity contribution is -0.136. The summed E-state index contributed by atoms with van der Waals surface area (Å²) >= 11 is 0. The van der Waals surface area contributed by atoms with Crippen molar-refractivity contribution in [2.24, 2.45) is 0 Å². The Hall–Kier alpha value is -3.41. The number of nitrogens with one attached hydrogen (secondary N) is 2. The van der Waals surface area contributed by atoms with E-state index in [1.54, 1.807) is 31.2 Å². The van der Waals surface area contributed by atoms with Crippen LogP contribution >= 0.6 is 0 Å². The molecule has 3 rings (SSSR count). The quantitative estimate of drug-likeness (QED) is 0.800. The Labute approximate surface area is 157 Å².